The van der Waals surface area contributed by atoms with Gasteiger partial charge in [0.2, 0.25) is 5.89 Å². The Morgan fingerprint density at radius 1 is 1.29 bits per heavy atom. The topological polar surface area (TPSA) is 79.5 Å². The van der Waals surface area contributed by atoms with Crippen molar-refractivity contribution >= 4 is 5.91 Å². The number of amides is 1. The fourth-order valence-electron chi connectivity index (χ4n) is 3.75. The largest absolute Gasteiger partial charge is 0.391 e. The van der Waals surface area contributed by atoms with Crippen molar-refractivity contribution < 1.29 is 14.4 Å². The molecule has 0 saturated carbocycles. The second kappa shape index (κ2) is 6.02. The highest BCUT2D eigenvalue weighted by Gasteiger charge is 2.39. The molecular weight excluding hydrogens is 306 g/mol. The molecule has 1 fully saturated rings. The van der Waals surface area contributed by atoms with E-state index in [4.69, 9.17) is 4.52 Å². The normalized spacial score (nSPS) is 23.3. The summed E-state index contributed by atoms with van der Waals surface area (Å²) in [6, 6.07) is 5.62. The lowest BCUT2D eigenvalue weighted by molar-refractivity contribution is 0.0693. The van der Waals surface area contributed by atoms with E-state index in [1.54, 1.807) is 11.8 Å². The average molecular weight is 327 g/mol. The Kier molecular flexibility index (Phi) is 3.84. The highest BCUT2D eigenvalue weighted by molar-refractivity contribution is 5.95. The van der Waals surface area contributed by atoms with Crippen molar-refractivity contribution in [3.8, 4) is 0 Å². The average Bonchev–Trinajstić information content (AvgIpc) is 3.19. The van der Waals surface area contributed by atoms with Gasteiger partial charge in [0, 0.05) is 18.5 Å². The van der Waals surface area contributed by atoms with Crippen LogP contribution in [-0.2, 0) is 12.8 Å². The van der Waals surface area contributed by atoms with E-state index in [2.05, 4.69) is 16.2 Å². The van der Waals surface area contributed by atoms with Gasteiger partial charge in [0.1, 0.15) is 6.04 Å². The van der Waals surface area contributed by atoms with Gasteiger partial charge in [0.15, 0.2) is 5.82 Å². The lowest BCUT2D eigenvalue weighted by atomic mass is 9.90. The molecule has 1 N–H and O–H groups in total. The van der Waals surface area contributed by atoms with Gasteiger partial charge in [-0.15, -0.1) is 0 Å². The maximum absolute atomic E-state index is 13.0. The van der Waals surface area contributed by atoms with Crippen LogP contribution in [-0.4, -0.2) is 38.7 Å². The number of carbonyl (C=O) groups is 1. The summed E-state index contributed by atoms with van der Waals surface area (Å²) in [6.45, 7) is 2.04. The Labute approximate surface area is 140 Å². The van der Waals surface area contributed by atoms with Gasteiger partial charge in [0.25, 0.3) is 5.91 Å². The van der Waals surface area contributed by atoms with E-state index in [0.29, 0.717) is 30.2 Å². The molecule has 2 heterocycles. The lowest BCUT2D eigenvalue weighted by Gasteiger charge is -2.23. The number of likely N-dealkylation sites (tertiary alicyclic amines) is 1. The van der Waals surface area contributed by atoms with Gasteiger partial charge >= 0.3 is 0 Å². The summed E-state index contributed by atoms with van der Waals surface area (Å²) in [5.74, 6) is 0.851. The first kappa shape index (κ1) is 15.3. The number of rotatable bonds is 2. The molecule has 6 nitrogen and oxygen atoms in total. The summed E-state index contributed by atoms with van der Waals surface area (Å²) < 4.78 is 5.24. The van der Waals surface area contributed by atoms with E-state index in [1.807, 2.05) is 12.1 Å². The van der Waals surface area contributed by atoms with Crippen molar-refractivity contribution in [2.75, 3.05) is 6.54 Å². The minimum absolute atomic E-state index is 0.0826. The number of aromatic nitrogens is 2. The Bertz CT molecular complexity index is 771. The fraction of sp³-hybridized carbons (Fsp3) is 0.500. The number of benzene rings is 1. The molecule has 0 bridgehead atoms. The minimum Gasteiger partial charge on any atom is -0.391 e. The van der Waals surface area contributed by atoms with Gasteiger partial charge in [0.05, 0.1) is 6.10 Å². The molecule has 1 amide bonds. The Morgan fingerprint density at radius 3 is 2.83 bits per heavy atom. The molecule has 0 unspecified atom stereocenters. The zero-order valence-corrected chi connectivity index (χ0v) is 13.7. The van der Waals surface area contributed by atoms with E-state index in [1.165, 1.54) is 24.0 Å². The van der Waals surface area contributed by atoms with Crippen LogP contribution in [0.1, 0.15) is 58.5 Å². The van der Waals surface area contributed by atoms with Crippen molar-refractivity contribution in [3.05, 3.63) is 46.6 Å². The molecule has 1 aromatic heterocycles. The maximum atomic E-state index is 13.0. The lowest BCUT2D eigenvalue weighted by Crippen LogP contribution is -2.32. The number of nitrogens with zero attached hydrogens (tertiary/aromatic N) is 3. The minimum atomic E-state index is -0.566. The zero-order chi connectivity index (χ0) is 16.7. The van der Waals surface area contributed by atoms with Crippen LogP contribution in [0, 0.1) is 6.92 Å². The van der Waals surface area contributed by atoms with E-state index >= 15 is 0 Å². The molecule has 1 aromatic carbocycles. The standard InChI is InChI=1S/C18H21N3O3/c1-11-19-17(24-20-11)16-9-15(22)10-21(16)18(23)14-7-6-12-4-2-3-5-13(12)8-14/h6-8,15-16,22H,2-5,9-10H2,1H3/t15-,16-/m1/s1. The predicted molar refractivity (Wildman–Crippen MR) is 86.5 cm³/mol. The van der Waals surface area contributed by atoms with Crippen LogP contribution in [0.2, 0.25) is 0 Å². The van der Waals surface area contributed by atoms with Crippen LogP contribution in [0.3, 0.4) is 0 Å². The van der Waals surface area contributed by atoms with Gasteiger partial charge < -0.3 is 14.5 Å². The highest BCUT2D eigenvalue weighted by Crippen LogP contribution is 2.33. The van der Waals surface area contributed by atoms with Crippen molar-refractivity contribution in [3.63, 3.8) is 0 Å². The molecule has 0 radical (unpaired) electrons. The molecule has 4 rings (SSSR count). The van der Waals surface area contributed by atoms with E-state index in [-0.39, 0.29) is 11.9 Å². The zero-order valence-electron chi connectivity index (χ0n) is 13.7. The number of aryl methyl sites for hydroxylation is 3. The quantitative estimate of drug-likeness (QED) is 0.915. The highest BCUT2D eigenvalue weighted by atomic mass is 16.5. The number of aliphatic hydroxyl groups excluding tert-OH is 1. The van der Waals surface area contributed by atoms with Crippen LogP contribution in [0.25, 0.3) is 0 Å². The first-order valence-corrected chi connectivity index (χ1v) is 8.53. The first-order valence-electron chi connectivity index (χ1n) is 8.53. The number of fused-ring (bicyclic) bond motifs is 1. The van der Waals surface area contributed by atoms with E-state index in [9.17, 15) is 9.90 Å². The summed E-state index contributed by atoms with van der Waals surface area (Å²) in [6.07, 6.45) is 4.39. The summed E-state index contributed by atoms with van der Waals surface area (Å²) in [4.78, 5) is 18.9. The molecule has 1 aliphatic heterocycles. The third kappa shape index (κ3) is 2.71. The molecule has 2 aliphatic rings. The molecule has 0 spiro atoms. The van der Waals surface area contributed by atoms with Crippen molar-refractivity contribution in [1.82, 2.24) is 15.0 Å². The molecular formula is C18H21N3O3. The molecule has 6 heteroatoms. The van der Waals surface area contributed by atoms with E-state index in [0.717, 1.165) is 12.8 Å². The summed E-state index contributed by atoms with van der Waals surface area (Å²) in [5, 5.41) is 13.8. The molecule has 2 atom stereocenters. The monoisotopic (exact) mass is 327 g/mol. The smallest absolute Gasteiger partial charge is 0.254 e. The van der Waals surface area contributed by atoms with Gasteiger partial charge in [-0.05, 0) is 55.9 Å². The number of carbonyl (C=O) groups excluding carboxylic acids is 1. The third-order valence-electron chi connectivity index (χ3n) is 4.96. The molecule has 1 aliphatic carbocycles. The van der Waals surface area contributed by atoms with Crippen LogP contribution in [0.4, 0.5) is 0 Å². The molecule has 1 saturated heterocycles. The number of aliphatic hydroxyl groups is 1. The third-order valence-corrected chi connectivity index (χ3v) is 4.96. The second-order valence-electron chi connectivity index (χ2n) is 6.73. The number of hydrogen-bond donors (Lipinski definition) is 1. The Hall–Kier alpha value is -2.21. The van der Waals surface area contributed by atoms with Crippen molar-refractivity contribution in [2.24, 2.45) is 0 Å². The van der Waals surface area contributed by atoms with Crippen LogP contribution in [0.5, 0.6) is 0 Å². The van der Waals surface area contributed by atoms with Crippen LogP contribution < -0.4 is 0 Å². The Balaban J connectivity index is 1.62. The van der Waals surface area contributed by atoms with Gasteiger partial charge in [-0.1, -0.05) is 11.2 Å². The van der Waals surface area contributed by atoms with Crippen molar-refractivity contribution in [1.29, 1.82) is 0 Å². The second-order valence-corrected chi connectivity index (χ2v) is 6.73. The van der Waals surface area contributed by atoms with E-state index < -0.39 is 6.10 Å². The first-order chi connectivity index (χ1) is 11.6. The predicted octanol–water partition coefficient (Wildman–Crippen LogP) is 2.20. The number of hydrogen-bond acceptors (Lipinski definition) is 5. The molecule has 24 heavy (non-hydrogen) atoms. The summed E-state index contributed by atoms with van der Waals surface area (Å²) >= 11 is 0. The molecule has 126 valence electrons. The van der Waals surface area contributed by atoms with Crippen molar-refractivity contribution in [2.45, 2.75) is 51.2 Å². The maximum Gasteiger partial charge on any atom is 0.254 e. The number of β-amino-alcohol motifs (C(OH)–C–C–N with tert-alkyl or cyclic N) is 1. The van der Waals surface area contributed by atoms with Gasteiger partial charge in [-0.3, -0.25) is 4.79 Å². The summed E-state index contributed by atoms with van der Waals surface area (Å²) in [7, 11) is 0. The van der Waals surface area contributed by atoms with Crippen LogP contribution >= 0.6 is 0 Å². The fourth-order valence-corrected chi connectivity index (χ4v) is 3.75. The molecule has 2 aromatic rings. The Morgan fingerprint density at radius 2 is 2.08 bits per heavy atom. The van der Waals surface area contributed by atoms with Gasteiger partial charge in [-0.25, -0.2) is 0 Å². The van der Waals surface area contributed by atoms with Crippen LogP contribution in [0.15, 0.2) is 22.7 Å². The SMILES string of the molecule is Cc1noc([C@H]2C[C@@H](O)CN2C(=O)c2ccc3c(c2)CCCC3)n1. The van der Waals surface area contributed by atoms with Gasteiger partial charge in [-0.2, -0.15) is 4.98 Å². The summed E-state index contributed by atoms with van der Waals surface area (Å²) in [5.41, 5.74) is 3.30.